The summed E-state index contributed by atoms with van der Waals surface area (Å²) in [6.07, 6.45) is 5.14. The Balaban J connectivity index is 1.72. The van der Waals surface area contributed by atoms with Crippen LogP contribution in [0.2, 0.25) is 0 Å². The van der Waals surface area contributed by atoms with E-state index in [0.29, 0.717) is 13.1 Å². The smallest absolute Gasteiger partial charge is 0.304 e. The Kier molecular flexibility index (Phi) is 8.34. The molecular weight excluding hydrogens is 401 g/mol. The third-order valence-corrected chi connectivity index (χ3v) is 5.65. The molecule has 0 radical (unpaired) electrons. The standard InChI is InChI=1S/C28H30FNO2/c1-20-6-7-24(16-21(20)2)17-26(25-4-3-5-27(29)18-25)13-12-22-8-10-23(11-9-22)19-30-15-14-28(31)32/h3-13,16,18,26,30H,14-15,17,19H2,1-2H3,(H,31,32). The van der Waals surface area contributed by atoms with E-state index in [-0.39, 0.29) is 18.2 Å². The third-order valence-electron chi connectivity index (χ3n) is 5.65. The van der Waals surface area contributed by atoms with Crippen molar-refractivity contribution in [3.63, 3.8) is 0 Å². The van der Waals surface area contributed by atoms with E-state index < -0.39 is 5.97 Å². The van der Waals surface area contributed by atoms with Crippen LogP contribution < -0.4 is 5.32 Å². The molecule has 0 heterocycles. The topological polar surface area (TPSA) is 49.3 Å². The van der Waals surface area contributed by atoms with Crippen molar-refractivity contribution in [2.75, 3.05) is 6.54 Å². The molecule has 0 spiro atoms. The minimum Gasteiger partial charge on any atom is -0.481 e. The Labute approximate surface area is 189 Å². The minimum absolute atomic E-state index is 0.0603. The van der Waals surface area contributed by atoms with Crippen LogP contribution in [0.4, 0.5) is 4.39 Å². The number of carboxylic acids is 1. The lowest BCUT2D eigenvalue weighted by Crippen LogP contribution is -2.17. The van der Waals surface area contributed by atoms with Gasteiger partial charge in [0.25, 0.3) is 0 Å². The first-order valence-electron chi connectivity index (χ1n) is 10.9. The number of nitrogens with one attached hydrogen (secondary N) is 1. The second-order valence-corrected chi connectivity index (χ2v) is 8.21. The van der Waals surface area contributed by atoms with Gasteiger partial charge in [-0.3, -0.25) is 4.79 Å². The van der Waals surface area contributed by atoms with Gasteiger partial charge >= 0.3 is 5.97 Å². The maximum absolute atomic E-state index is 13.9. The van der Waals surface area contributed by atoms with Crippen molar-refractivity contribution in [2.45, 2.75) is 39.2 Å². The zero-order valence-electron chi connectivity index (χ0n) is 18.6. The van der Waals surface area contributed by atoms with Gasteiger partial charge in [-0.25, -0.2) is 4.39 Å². The molecule has 0 fully saturated rings. The summed E-state index contributed by atoms with van der Waals surface area (Å²) in [7, 11) is 0. The molecular formula is C28H30FNO2. The normalized spacial score (nSPS) is 12.2. The van der Waals surface area contributed by atoms with E-state index in [1.807, 2.05) is 30.3 Å². The van der Waals surface area contributed by atoms with Crippen LogP contribution in [0.1, 0.15) is 45.7 Å². The van der Waals surface area contributed by atoms with Gasteiger partial charge in [-0.05, 0) is 65.8 Å². The molecule has 0 aliphatic carbocycles. The number of aryl methyl sites for hydroxylation is 2. The first-order chi connectivity index (χ1) is 15.4. The molecule has 1 atom stereocenters. The highest BCUT2D eigenvalue weighted by Gasteiger charge is 2.11. The van der Waals surface area contributed by atoms with Gasteiger partial charge in [0.1, 0.15) is 5.82 Å². The van der Waals surface area contributed by atoms with Crippen LogP contribution in [0.15, 0.2) is 72.8 Å². The molecule has 3 nitrogen and oxygen atoms in total. The highest BCUT2D eigenvalue weighted by molar-refractivity contribution is 5.66. The van der Waals surface area contributed by atoms with Gasteiger partial charge in [0.2, 0.25) is 0 Å². The first kappa shape index (κ1) is 23.4. The molecule has 0 saturated carbocycles. The van der Waals surface area contributed by atoms with Gasteiger partial charge in [-0.2, -0.15) is 0 Å². The lowest BCUT2D eigenvalue weighted by molar-refractivity contribution is -0.136. The van der Waals surface area contributed by atoms with Gasteiger partial charge in [-0.15, -0.1) is 0 Å². The molecule has 3 rings (SSSR count). The third kappa shape index (κ3) is 7.17. The molecule has 2 N–H and O–H groups in total. The minimum atomic E-state index is -0.799. The van der Waals surface area contributed by atoms with E-state index in [4.69, 9.17) is 5.11 Å². The van der Waals surface area contributed by atoms with Gasteiger partial charge in [0, 0.05) is 19.0 Å². The summed E-state index contributed by atoms with van der Waals surface area (Å²) in [6.45, 7) is 5.30. The fraction of sp³-hybridized carbons (Fsp3) is 0.250. The molecule has 0 bridgehead atoms. The van der Waals surface area contributed by atoms with E-state index in [0.717, 1.165) is 23.1 Å². The molecule has 4 heteroatoms. The number of hydrogen-bond donors (Lipinski definition) is 2. The summed E-state index contributed by atoms with van der Waals surface area (Å²) in [4.78, 5) is 10.6. The van der Waals surface area contributed by atoms with E-state index in [1.165, 1.54) is 22.8 Å². The van der Waals surface area contributed by atoms with Gasteiger partial charge in [-0.1, -0.05) is 66.7 Å². The Bertz CT molecular complexity index is 1070. The summed E-state index contributed by atoms with van der Waals surface area (Å²) in [5.74, 6) is -0.961. The fourth-order valence-electron chi connectivity index (χ4n) is 3.62. The quantitative estimate of drug-likeness (QED) is 0.384. The molecule has 0 aliphatic heterocycles. The van der Waals surface area contributed by atoms with Gasteiger partial charge in [0.15, 0.2) is 0 Å². The Morgan fingerprint density at radius 3 is 2.44 bits per heavy atom. The number of benzene rings is 3. The molecule has 0 saturated heterocycles. The Hall–Kier alpha value is -3.24. The van der Waals surface area contributed by atoms with Crippen LogP contribution in [0, 0.1) is 19.7 Å². The van der Waals surface area contributed by atoms with Gasteiger partial charge < -0.3 is 10.4 Å². The van der Waals surface area contributed by atoms with Crippen molar-refractivity contribution in [3.05, 3.63) is 112 Å². The van der Waals surface area contributed by atoms with Crippen LogP contribution in [-0.2, 0) is 17.8 Å². The van der Waals surface area contributed by atoms with Crippen molar-refractivity contribution < 1.29 is 14.3 Å². The lowest BCUT2D eigenvalue weighted by atomic mass is 9.90. The van der Waals surface area contributed by atoms with Crippen molar-refractivity contribution >= 4 is 12.0 Å². The molecule has 3 aromatic carbocycles. The molecule has 32 heavy (non-hydrogen) atoms. The van der Waals surface area contributed by atoms with Crippen LogP contribution in [0.3, 0.4) is 0 Å². The number of rotatable bonds is 10. The van der Waals surface area contributed by atoms with Crippen LogP contribution in [-0.4, -0.2) is 17.6 Å². The molecule has 166 valence electrons. The van der Waals surface area contributed by atoms with Crippen molar-refractivity contribution in [1.29, 1.82) is 0 Å². The monoisotopic (exact) mass is 431 g/mol. The number of aliphatic carboxylic acids is 1. The Morgan fingerprint density at radius 1 is 1.00 bits per heavy atom. The lowest BCUT2D eigenvalue weighted by Gasteiger charge is -2.15. The largest absolute Gasteiger partial charge is 0.481 e. The highest BCUT2D eigenvalue weighted by atomic mass is 19.1. The van der Waals surface area contributed by atoms with Crippen molar-refractivity contribution in [1.82, 2.24) is 5.32 Å². The predicted molar refractivity (Wildman–Crippen MR) is 128 cm³/mol. The SMILES string of the molecule is Cc1ccc(CC(C=Cc2ccc(CNCCC(=O)O)cc2)c2cccc(F)c2)cc1C. The average molecular weight is 432 g/mol. The number of allylic oxidation sites excluding steroid dienone is 1. The number of carboxylic acid groups (broad SMARTS) is 1. The Morgan fingerprint density at radius 2 is 1.75 bits per heavy atom. The van der Waals surface area contributed by atoms with E-state index >= 15 is 0 Å². The van der Waals surface area contributed by atoms with Crippen molar-refractivity contribution in [2.24, 2.45) is 0 Å². The van der Waals surface area contributed by atoms with Crippen LogP contribution in [0.25, 0.3) is 6.08 Å². The number of carbonyl (C=O) groups is 1. The number of hydrogen-bond acceptors (Lipinski definition) is 2. The maximum Gasteiger partial charge on any atom is 0.304 e. The van der Waals surface area contributed by atoms with Crippen LogP contribution in [0.5, 0.6) is 0 Å². The summed E-state index contributed by atoms with van der Waals surface area (Å²) < 4.78 is 13.9. The molecule has 0 aromatic heterocycles. The maximum atomic E-state index is 13.9. The molecule has 0 aliphatic rings. The second kappa shape index (κ2) is 11.4. The van der Waals surface area contributed by atoms with Crippen LogP contribution >= 0.6 is 0 Å². The number of halogens is 1. The average Bonchev–Trinajstić information content (AvgIpc) is 2.77. The predicted octanol–water partition coefficient (Wildman–Crippen LogP) is 6.05. The summed E-state index contributed by atoms with van der Waals surface area (Å²) >= 11 is 0. The molecule has 1 unspecified atom stereocenters. The molecule has 0 amide bonds. The van der Waals surface area contributed by atoms with E-state index in [2.05, 4.69) is 49.5 Å². The second-order valence-electron chi connectivity index (χ2n) is 8.21. The van der Waals surface area contributed by atoms with E-state index in [1.54, 1.807) is 12.1 Å². The van der Waals surface area contributed by atoms with Crippen molar-refractivity contribution in [3.8, 4) is 0 Å². The first-order valence-corrected chi connectivity index (χ1v) is 10.9. The zero-order chi connectivity index (χ0) is 22.9. The summed E-state index contributed by atoms with van der Waals surface area (Å²) in [6, 6.07) is 21.5. The summed E-state index contributed by atoms with van der Waals surface area (Å²) in [5.41, 5.74) is 6.89. The summed E-state index contributed by atoms with van der Waals surface area (Å²) in [5, 5.41) is 11.8. The highest BCUT2D eigenvalue weighted by Crippen LogP contribution is 2.25. The fourth-order valence-corrected chi connectivity index (χ4v) is 3.62. The molecule has 3 aromatic rings. The zero-order valence-corrected chi connectivity index (χ0v) is 18.6. The van der Waals surface area contributed by atoms with Gasteiger partial charge in [0.05, 0.1) is 6.42 Å². The van der Waals surface area contributed by atoms with E-state index in [9.17, 15) is 9.18 Å².